The van der Waals surface area contributed by atoms with E-state index < -0.39 is 10.0 Å². The van der Waals surface area contributed by atoms with Crippen molar-refractivity contribution >= 4 is 15.7 Å². The number of hydrogen-bond donors (Lipinski definition) is 2. The third-order valence-corrected chi connectivity index (χ3v) is 4.96. The van der Waals surface area contributed by atoms with Crippen molar-refractivity contribution in [1.82, 2.24) is 14.7 Å². The van der Waals surface area contributed by atoms with Crippen molar-refractivity contribution in [3.8, 4) is 0 Å². The Hall–Kier alpha value is -1.86. The van der Waals surface area contributed by atoms with Gasteiger partial charge in [-0.05, 0) is 31.2 Å². The van der Waals surface area contributed by atoms with Crippen LogP contribution in [0.1, 0.15) is 11.3 Å². The number of nitrogens with one attached hydrogen (secondary N) is 2. The first-order chi connectivity index (χ1) is 9.60. The number of fused-ring (bicyclic) bond motifs is 1. The summed E-state index contributed by atoms with van der Waals surface area (Å²) in [5, 5.41) is 0. The van der Waals surface area contributed by atoms with Gasteiger partial charge in [0.15, 0.2) is 0 Å². The van der Waals surface area contributed by atoms with Crippen molar-refractivity contribution in [2.75, 3.05) is 18.5 Å². The average Bonchev–Trinajstić information content (AvgIpc) is 3.09. The summed E-state index contributed by atoms with van der Waals surface area (Å²) >= 11 is 0. The van der Waals surface area contributed by atoms with Crippen LogP contribution in [0.4, 0.5) is 5.69 Å². The van der Waals surface area contributed by atoms with E-state index in [0.29, 0.717) is 11.4 Å². The van der Waals surface area contributed by atoms with Gasteiger partial charge in [0.05, 0.1) is 23.5 Å². The summed E-state index contributed by atoms with van der Waals surface area (Å²) in [7, 11) is -1.98. The predicted molar refractivity (Wildman–Crippen MR) is 76.0 cm³/mol. The summed E-state index contributed by atoms with van der Waals surface area (Å²) in [4.78, 5) is 9.54. The fourth-order valence-electron chi connectivity index (χ4n) is 2.45. The Morgan fingerprint density at radius 2 is 2.30 bits per heavy atom. The maximum absolute atomic E-state index is 11.9. The van der Waals surface area contributed by atoms with Crippen molar-refractivity contribution in [3.05, 3.63) is 42.0 Å². The van der Waals surface area contributed by atoms with Crippen LogP contribution in [-0.4, -0.2) is 32.0 Å². The minimum Gasteiger partial charge on any atom is -0.365 e. The normalized spacial score (nSPS) is 14.6. The van der Waals surface area contributed by atoms with Crippen LogP contribution in [0.2, 0.25) is 0 Å². The maximum Gasteiger partial charge on any atom is 0.240 e. The first-order valence-electron chi connectivity index (χ1n) is 6.39. The number of sulfonamides is 1. The monoisotopic (exact) mass is 292 g/mol. The van der Waals surface area contributed by atoms with Crippen LogP contribution < -0.4 is 9.62 Å². The van der Waals surface area contributed by atoms with Crippen LogP contribution in [0.5, 0.6) is 0 Å². The van der Waals surface area contributed by atoms with Gasteiger partial charge in [0, 0.05) is 18.4 Å². The zero-order chi connectivity index (χ0) is 14.2. The lowest BCUT2D eigenvalue weighted by atomic mass is 10.2. The number of benzene rings is 1. The molecule has 0 spiro atoms. The first kappa shape index (κ1) is 13.1. The fraction of sp³-hybridized carbons (Fsp3) is 0.308. The first-order valence-corrected chi connectivity index (χ1v) is 7.87. The van der Waals surface area contributed by atoms with Crippen LogP contribution in [-0.2, 0) is 23.0 Å². The highest BCUT2D eigenvalue weighted by Gasteiger charge is 2.22. The molecule has 2 N–H and O–H groups in total. The Labute approximate surface area is 117 Å². The standard InChI is InChI=1S/C13H16N4O2S/c1-14-20(18,19)12-3-2-10-4-5-17(13(10)6-12)8-11-7-15-9-16-11/h2-3,6-7,9,14H,4-5,8H2,1H3,(H,15,16). The Kier molecular flexibility index (Phi) is 3.23. The Morgan fingerprint density at radius 3 is 3.00 bits per heavy atom. The zero-order valence-corrected chi connectivity index (χ0v) is 11.9. The van der Waals surface area contributed by atoms with E-state index >= 15 is 0 Å². The number of hydrogen-bond acceptors (Lipinski definition) is 4. The molecule has 1 aliphatic rings. The second-order valence-electron chi connectivity index (χ2n) is 4.75. The Balaban J connectivity index is 1.93. The van der Waals surface area contributed by atoms with E-state index in [1.54, 1.807) is 24.7 Å². The molecule has 0 bridgehead atoms. The third-order valence-electron chi connectivity index (χ3n) is 3.54. The summed E-state index contributed by atoms with van der Waals surface area (Å²) in [5.74, 6) is 0. The van der Waals surface area contributed by atoms with Crippen molar-refractivity contribution in [3.63, 3.8) is 0 Å². The minimum absolute atomic E-state index is 0.301. The quantitative estimate of drug-likeness (QED) is 0.877. The van der Waals surface area contributed by atoms with Crippen molar-refractivity contribution in [2.45, 2.75) is 17.9 Å². The molecule has 20 heavy (non-hydrogen) atoms. The molecule has 7 heteroatoms. The minimum atomic E-state index is -3.40. The molecule has 0 radical (unpaired) electrons. The molecule has 6 nitrogen and oxygen atoms in total. The van der Waals surface area contributed by atoms with E-state index in [2.05, 4.69) is 19.6 Å². The number of rotatable bonds is 4. The molecule has 0 amide bonds. The molecule has 2 aromatic rings. The average molecular weight is 292 g/mol. The van der Waals surface area contributed by atoms with Gasteiger partial charge in [0.25, 0.3) is 0 Å². The van der Waals surface area contributed by atoms with Crippen LogP contribution >= 0.6 is 0 Å². The van der Waals surface area contributed by atoms with Crippen molar-refractivity contribution in [2.24, 2.45) is 0 Å². The molecule has 2 heterocycles. The summed E-state index contributed by atoms with van der Waals surface area (Å²) in [6.07, 6.45) is 4.36. The highest BCUT2D eigenvalue weighted by atomic mass is 32.2. The SMILES string of the molecule is CNS(=O)(=O)c1ccc2c(c1)N(Cc1cnc[nH]1)CC2. The van der Waals surface area contributed by atoms with Crippen molar-refractivity contribution < 1.29 is 8.42 Å². The van der Waals surface area contributed by atoms with Crippen LogP contribution in [0.15, 0.2) is 35.6 Å². The maximum atomic E-state index is 11.9. The van der Waals surface area contributed by atoms with Gasteiger partial charge in [-0.15, -0.1) is 0 Å². The number of aromatic nitrogens is 2. The molecule has 106 valence electrons. The number of aromatic amines is 1. The molecule has 0 saturated carbocycles. The third kappa shape index (κ3) is 2.30. The number of anilines is 1. The van der Waals surface area contributed by atoms with Gasteiger partial charge in [-0.1, -0.05) is 6.07 Å². The molecule has 1 aromatic heterocycles. The van der Waals surface area contributed by atoms with E-state index in [1.165, 1.54) is 12.6 Å². The summed E-state index contributed by atoms with van der Waals surface area (Å²) < 4.78 is 26.1. The van der Waals surface area contributed by atoms with E-state index in [1.807, 2.05) is 6.07 Å². The topological polar surface area (TPSA) is 78.1 Å². The van der Waals surface area contributed by atoms with Crippen LogP contribution in [0, 0.1) is 0 Å². The lowest BCUT2D eigenvalue weighted by Gasteiger charge is -2.19. The Morgan fingerprint density at radius 1 is 1.45 bits per heavy atom. The number of H-pyrrole nitrogens is 1. The van der Waals surface area contributed by atoms with Gasteiger partial charge >= 0.3 is 0 Å². The van der Waals surface area contributed by atoms with Crippen LogP contribution in [0.25, 0.3) is 0 Å². The van der Waals surface area contributed by atoms with E-state index in [-0.39, 0.29) is 0 Å². The highest BCUT2D eigenvalue weighted by Crippen LogP contribution is 2.31. The zero-order valence-electron chi connectivity index (χ0n) is 11.1. The Bertz CT molecular complexity index is 710. The van der Waals surface area contributed by atoms with Gasteiger partial charge in [-0.2, -0.15) is 0 Å². The number of nitrogens with zero attached hydrogens (tertiary/aromatic N) is 2. The molecule has 0 unspecified atom stereocenters. The smallest absolute Gasteiger partial charge is 0.240 e. The van der Waals surface area contributed by atoms with Crippen LogP contribution in [0.3, 0.4) is 0 Å². The largest absolute Gasteiger partial charge is 0.365 e. The highest BCUT2D eigenvalue weighted by molar-refractivity contribution is 7.89. The second-order valence-corrected chi connectivity index (χ2v) is 6.63. The van der Waals surface area contributed by atoms with Gasteiger partial charge in [-0.3, -0.25) is 0 Å². The molecule has 1 aromatic carbocycles. The molecule has 1 aliphatic heterocycles. The molecule has 0 atom stereocenters. The molecule has 3 rings (SSSR count). The second kappa shape index (κ2) is 4.92. The van der Waals surface area contributed by atoms with Crippen molar-refractivity contribution in [1.29, 1.82) is 0 Å². The molecular formula is C13H16N4O2S. The van der Waals surface area contributed by atoms with Gasteiger partial charge < -0.3 is 9.88 Å². The number of imidazole rings is 1. The van der Waals surface area contributed by atoms with E-state index in [9.17, 15) is 8.42 Å². The lowest BCUT2D eigenvalue weighted by molar-refractivity contribution is 0.588. The summed E-state index contributed by atoms with van der Waals surface area (Å²) in [6, 6.07) is 5.29. The summed E-state index contributed by atoms with van der Waals surface area (Å²) in [6.45, 7) is 1.59. The van der Waals surface area contributed by atoms with Gasteiger partial charge in [0.1, 0.15) is 0 Å². The molecular weight excluding hydrogens is 276 g/mol. The van der Waals surface area contributed by atoms with Gasteiger partial charge in [0.2, 0.25) is 10.0 Å². The molecule has 0 aliphatic carbocycles. The fourth-order valence-corrected chi connectivity index (χ4v) is 3.20. The summed E-state index contributed by atoms with van der Waals surface area (Å²) in [5.41, 5.74) is 3.18. The van der Waals surface area contributed by atoms with Gasteiger partial charge in [-0.25, -0.2) is 18.1 Å². The van der Waals surface area contributed by atoms with E-state index in [0.717, 1.165) is 24.3 Å². The molecule has 0 fully saturated rings. The predicted octanol–water partition coefficient (Wildman–Crippen LogP) is 0.880. The molecule has 0 saturated heterocycles. The lowest BCUT2D eigenvalue weighted by Crippen LogP contribution is -2.21. The van der Waals surface area contributed by atoms with E-state index in [4.69, 9.17) is 0 Å².